The van der Waals surface area contributed by atoms with Crippen molar-refractivity contribution in [2.24, 2.45) is 0 Å². The van der Waals surface area contributed by atoms with Crippen LogP contribution in [0.15, 0.2) is 48.5 Å². The van der Waals surface area contributed by atoms with Crippen molar-refractivity contribution in [3.63, 3.8) is 0 Å². The second-order valence-electron chi connectivity index (χ2n) is 6.64. The maximum Gasteiger partial charge on any atom is 0.123 e. The number of nitriles is 1. The van der Waals surface area contributed by atoms with Gasteiger partial charge in [-0.1, -0.05) is 45.0 Å². The van der Waals surface area contributed by atoms with Crippen LogP contribution in [0.5, 0.6) is 5.75 Å². The number of ether oxygens (including phenoxy) is 1. The van der Waals surface area contributed by atoms with E-state index in [1.54, 1.807) is 12.1 Å². The first-order valence-electron chi connectivity index (χ1n) is 7.78. The first-order valence-corrected chi connectivity index (χ1v) is 7.78. The normalized spacial score (nSPS) is 12.5. The Hall–Kier alpha value is -2.34. The SMILES string of the molecule is CC(C)(C)c1ccc(C(C#N)CCOc2ccc(F)cc2)cc1. The zero-order valence-electron chi connectivity index (χ0n) is 13.8. The van der Waals surface area contributed by atoms with Crippen LogP contribution in [-0.2, 0) is 5.41 Å². The molecule has 3 heteroatoms. The van der Waals surface area contributed by atoms with Gasteiger partial charge in [0.25, 0.3) is 0 Å². The van der Waals surface area contributed by atoms with Gasteiger partial charge in [0.2, 0.25) is 0 Å². The molecule has 0 aliphatic carbocycles. The van der Waals surface area contributed by atoms with Crippen LogP contribution in [0.4, 0.5) is 4.39 Å². The molecule has 0 heterocycles. The predicted molar refractivity (Wildman–Crippen MR) is 90.0 cm³/mol. The highest BCUT2D eigenvalue weighted by atomic mass is 19.1. The average molecular weight is 311 g/mol. The Balaban J connectivity index is 1.95. The molecule has 0 aliphatic rings. The van der Waals surface area contributed by atoms with Gasteiger partial charge in [-0.3, -0.25) is 0 Å². The second-order valence-corrected chi connectivity index (χ2v) is 6.64. The molecule has 0 N–H and O–H groups in total. The maximum absolute atomic E-state index is 12.8. The number of rotatable bonds is 5. The molecule has 0 bridgehead atoms. The van der Waals surface area contributed by atoms with Crippen molar-refractivity contribution in [2.45, 2.75) is 38.5 Å². The summed E-state index contributed by atoms with van der Waals surface area (Å²) in [5.74, 6) is 0.127. The number of hydrogen-bond acceptors (Lipinski definition) is 2. The van der Waals surface area contributed by atoms with E-state index in [0.29, 0.717) is 18.8 Å². The zero-order chi connectivity index (χ0) is 16.9. The number of benzene rings is 2. The summed E-state index contributed by atoms with van der Waals surface area (Å²) in [5.41, 5.74) is 2.36. The summed E-state index contributed by atoms with van der Waals surface area (Å²) >= 11 is 0. The third-order valence-corrected chi connectivity index (χ3v) is 3.82. The van der Waals surface area contributed by atoms with E-state index >= 15 is 0 Å². The molecular formula is C20H22FNO. The maximum atomic E-state index is 12.8. The molecule has 120 valence electrons. The monoisotopic (exact) mass is 311 g/mol. The minimum absolute atomic E-state index is 0.104. The lowest BCUT2D eigenvalue weighted by atomic mass is 9.85. The van der Waals surface area contributed by atoms with Crippen molar-refractivity contribution in [1.29, 1.82) is 5.26 Å². The predicted octanol–water partition coefficient (Wildman–Crippen LogP) is 5.20. The smallest absolute Gasteiger partial charge is 0.123 e. The van der Waals surface area contributed by atoms with E-state index in [4.69, 9.17) is 4.74 Å². The molecule has 2 aromatic rings. The molecule has 23 heavy (non-hydrogen) atoms. The third kappa shape index (κ3) is 4.82. The van der Waals surface area contributed by atoms with E-state index < -0.39 is 0 Å². The molecule has 2 aromatic carbocycles. The van der Waals surface area contributed by atoms with Gasteiger partial charge in [-0.2, -0.15) is 5.26 Å². The minimum Gasteiger partial charge on any atom is -0.494 e. The van der Waals surface area contributed by atoms with Gasteiger partial charge in [-0.05, 0) is 40.8 Å². The molecule has 0 aromatic heterocycles. The number of hydrogen-bond donors (Lipinski definition) is 0. The van der Waals surface area contributed by atoms with Gasteiger partial charge >= 0.3 is 0 Å². The van der Waals surface area contributed by atoms with E-state index in [1.807, 2.05) is 12.1 Å². The molecule has 0 aliphatic heterocycles. The van der Waals surface area contributed by atoms with Crippen LogP contribution in [0, 0.1) is 17.1 Å². The Morgan fingerprint density at radius 2 is 1.65 bits per heavy atom. The van der Waals surface area contributed by atoms with Crippen molar-refractivity contribution in [3.05, 3.63) is 65.5 Å². The molecule has 2 nitrogen and oxygen atoms in total. The van der Waals surface area contributed by atoms with Gasteiger partial charge in [0, 0.05) is 6.42 Å². The van der Waals surface area contributed by atoms with Crippen molar-refractivity contribution in [2.75, 3.05) is 6.61 Å². The zero-order valence-corrected chi connectivity index (χ0v) is 13.8. The van der Waals surface area contributed by atoms with Crippen LogP contribution in [0.1, 0.15) is 44.2 Å². The summed E-state index contributed by atoms with van der Waals surface area (Å²) in [7, 11) is 0. The fraction of sp³-hybridized carbons (Fsp3) is 0.350. The van der Waals surface area contributed by atoms with Gasteiger partial charge in [0.05, 0.1) is 18.6 Å². The molecule has 0 saturated heterocycles. The van der Waals surface area contributed by atoms with Gasteiger partial charge in [-0.25, -0.2) is 4.39 Å². The molecule has 0 radical (unpaired) electrons. The van der Waals surface area contributed by atoms with E-state index in [1.165, 1.54) is 17.7 Å². The van der Waals surface area contributed by atoms with Crippen molar-refractivity contribution >= 4 is 0 Å². The van der Waals surface area contributed by atoms with Gasteiger partial charge < -0.3 is 4.74 Å². The Labute approximate surface area is 137 Å². The minimum atomic E-state index is -0.286. The molecule has 1 atom stereocenters. The highest BCUT2D eigenvalue weighted by molar-refractivity contribution is 5.32. The van der Waals surface area contributed by atoms with Crippen LogP contribution >= 0.6 is 0 Å². The molecule has 0 spiro atoms. The molecule has 0 fully saturated rings. The molecule has 0 saturated carbocycles. The van der Waals surface area contributed by atoms with Gasteiger partial charge in [-0.15, -0.1) is 0 Å². The number of nitrogens with zero attached hydrogens (tertiary/aromatic N) is 1. The fourth-order valence-corrected chi connectivity index (χ4v) is 2.35. The molecular weight excluding hydrogens is 289 g/mol. The summed E-state index contributed by atoms with van der Waals surface area (Å²) < 4.78 is 18.4. The van der Waals surface area contributed by atoms with E-state index in [0.717, 1.165) is 5.56 Å². The topological polar surface area (TPSA) is 33.0 Å². The summed E-state index contributed by atoms with van der Waals surface area (Å²) in [6.45, 7) is 6.92. The van der Waals surface area contributed by atoms with E-state index in [2.05, 4.69) is 39.0 Å². The van der Waals surface area contributed by atoms with Crippen LogP contribution in [-0.4, -0.2) is 6.61 Å². The molecule has 2 rings (SSSR count). The molecule has 0 amide bonds. The highest BCUT2D eigenvalue weighted by Gasteiger charge is 2.15. The fourth-order valence-electron chi connectivity index (χ4n) is 2.35. The summed E-state index contributed by atoms with van der Waals surface area (Å²) in [6.07, 6.45) is 0.600. The Morgan fingerprint density at radius 3 is 2.17 bits per heavy atom. The van der Waals surface area contributed by atoms with Gasteiger partial charge in [0.1, 0.15) is 11.6 Å². The van der Waals surface area contributed by atoms with Crippen molar-refractivity contribution in [3.8, 4) is 11.8 Å². The van der Waals surface area contributed by atoms with Gasteiger partial charge in [0.15, 0.2) is 0 Å². The lowest BCUT2D eigenvalue weighted by Gasteiger charge is -2.20. The average Bonchev–Trinajstić information content (AvgIpc) is 2.53. The van der Waals surface area contributed by atoms with E-state index in [-0.39, 0.29) is 17.2 Å². The lowest BCUT2D eigenvalue weighted by molar-refractivity contribution is 0.305. The third-order valence-electron chi connectivity index (χ3n) is 3.82. The summed E-state index contributed by atoms with van der Waals surface area (Å²) in [6, 6.07) is 16.5. The van der Waals surface area contributed by atoms with Crippen molar-refractivity contribution < 1.29 is 9.13 Å². The number of halogens is 1. The lowest BCUT2D eigenvalue weighted by Crippen LogP contribution is -2.11. The Bertz CT molecular complexity index is 663. The van der Waals surface area contributed by atoms with E-state index in [9.17, 15) is 9.65 Å². The summed E-state index contributed by atoms with van der Waals surface area (Å²) in [5, 5.41) is 9.39. The Morgan fingerprint density at radius 1 is 1.04 bits per heavy atom. The van der Waals surface area contributed by atoms with Crippen LogP contribution in [0.25, 0.3) is 0 Å². The highest BCUT2D eigenvalue weighted by Crippen LogP contribution is 2.26. The Kier molecular flexibility index (Phi) is 5.39. The first kappa shape index (κ1) is 17.0. The second kappa shape index (κ2) is 7.28. The summed E-state index contributed by atoms with van der Waals surface area (Å²) in [4.78, 5) is 0. The van der Waals surface area contributed by atoms with Crippen LogP contribution in [0.3, 0.4) is 0 Å². The standard InChI is InChI=1S/C20H22FNO/c1-20(2,3)17-6-4-15(5-7-17)16(14-22)12-13-23-19-10-8-18(21)9-11-19/h4-11,16H,12-13H2,1-3H3. The quantitative estimate of drug-likeness (QED) is 0.760. The first-order chi connectivity index (χ1) is 10.9. The largest absolute Gasteiger partial charge is 0.494 e. The van der Waals surface area contributed by atoms with Crippen molar-refractivity contribution in [1.82, 2.24) is 0 Å². The molecule has 1 unspecified atom stereocenters. The van der Waals surface area contributed by atoms with Crippen LogP contribution < -0.4 is 4.74 Å². The van der Waals surface area contributed by atoms with Crippen LogP contribution in [0.2, 0.25) is 0 Å².